The Morgan fingerprint density at radius 1 is 1.52 bits per heavy atom. The fourth-order valence-electron chi connectivity index (χ4n) is 2.87. The zero-order chi connectivity index (χ0) is 14.7. The third kappa shape index (κ3) is 3.08. The highest BCUT2D eigenvalue weighted by Gasteiger charge is 2.30. The highest BCUT2D eigenvalue weighted by Crippen LogP contribution is 2.33. The van der Waals surface area contributed by atoms with E-state index in [-0.39, 0.29) is 11.9 Å². The average molecular weight is 301 g/mol. The maximum Gasteiger partial charge on any atom is 0.227 e. The standard InChI is InChI=1S/C16H19N3OS/c1-17-15-10-13(4-6-18-15)14-3-2-7-19(14)16(20)9-12-5-8-21-11-12/h4-6,8,10-11,14H,2-3,7,9H2,1H3,(H,17,18). The van der Waals surface area contributed by atoms with Gasteiger partial charge in [0.2, 0.25) is 5.91 Å². The molecule has 2 aromatic heterocycles. The molecule has 0 saturated carbocycles. The van der Waals surface area contributed by atoms with E-state index in [0.717, 1.165) is 30.8 Å². The van der Waals surface area contributed by atoms with Gasteiger partial charge in [0, 0.05) is 19.8 Å². The lowest BCUT2D eigenvalue weighted by molar-refractivity contribution is -0.131. The summed E-state index contributed by atoms with van der Waals surface area (Å²) in [7, 11) is 1.86. The van der Waals surface area contributed by atoms with E-state index in [2.05, 4.69) is 15.7 Å². The molecule has 0 bridgehead atoms. The van der Waals surface area contributed by atoms with Gasteiger partial charge < -0.3 is 10.2 Å². The molecule has 1 aliphatic rings. The van der Waals surface area contributed by atoms with Crippen LogP contribution < -0.4 is 5.32 Å². The number of nitrogens with one attached hydrogen (secondary N) is 1. The maximum atomic E-state index is 12.6. The number of nitrogens with zero attached hydrogens (tertiary/aromatic N) is 2. The largest absolute Gasteiger partial charge is 0.373 e. The van der Waals surface area contributed by atoms with Crippen LogP contribution in [0.1, 0.15) is 30.0 Å². The minimum Gasteiger partial charge on any atom is -0.373 e. The van der Waals surface area contributed by atoms with Crippen LogP contribution in [0, 0.1) is 0 Å². The minimum absolute atomic E-state index is 0.186. The first-order valence-corrected chi connectivity index (χ1v) is 8.16. The third-order valence-corrected chi connectivity index (χ3v) is 4.67. The van der Waals surface area contributed by atoms with Crippen molar-refractivity contribution in [3.05, 3.63) is 46.3 Å². The Kier molecular flexibility index (Phi) is 4.20. The number of aromatic nitrogens is 1. The zero-order valence-electron chi connectivity index (χ0n) is 12.1. The molecule has 1 aliphatic heterocycles. The van der Waals surface area contributed by atoms with Gasteiger partial charge in [0.15, 0.2) is 0 Å². The van der Waals surface area contributed by atoms with Crippen LogP contribution in [0.3, 0.4) is 0 Å². The van der Waals surface area contributed by atoms with Crippen molar-refractivity contribution in [1.82, 2.24) is 9.88 Å². The van der Waals surface area contributed by atoms with Gasteiger partial charge in [0.1, 0.15) is 5.82 Å². The van der Waals surface area contributed by atoms with Crippen molar-refractivity contribution in [3.63, 3.8) is 0 Å². The normalized spacial score (nSPS) is 18.0. The van der Waals surface area contributed by atoms with Gasteiger partial charge >= 0.3 is 0 Å². The SMILES string of the molecule is CNc1cc(C2CCCN2C(=O)Cc2ccsc2)ccn1. The first kappa shape index (κ1) is 14.1. The lowest BCUT2D eigenvalue weighted by atomic mass is 10.1. The predicted octanol–water partition coefficient (Wildman–Crippen LogP) is 3.09. The van der Waals surface area contributed by atoms with Gasteiger partial charge in [0.25, 0.3) is 0 Å². The number of carbonyl (C=O) groups is 1. The molecule has 1 N–H and O–H groups in total. The molecule has 0 spiro atoms. The molecule has 21 heavy (non-hydrogen) atoms. The Labute approximate surface area is 128 Å². The van der Waals surface area contributed by atoms with Crippen LogP contribution in [0.4, 0.5) is 5.82 Å². The Hall–Kier alpha value is -1.88. The molecule has 3 rings (SSSR count). The van der Waals surface area contributed by atoms with Gasteiger partial charge in [-0.3, -0.25) is 4.79 Å². The number of pyridine rings is 1. The van der Waals surface area contributed by atoms with Crippen LogP contribution >= 0.6 is 11.3 Å². The van der Waals surface area contributed by atoms with E-state index in [1.807, 2.05) is 35.5 Å². The van der Waals surface area contributed by atoms with Crippen molar-refractivity contribution < 1.29 is 4.79 Å². The first-order valence-electron chi connectivity index (χ1n) is 7.22. The van der Waals surface area contributed by atoms with Crippen molar-refractivity contribution in [2.24, 2.45) is 0 Å². The molecule has 2 aromatic rings. The van der Waals surface area contributed by atoms with E-state index in [1.54, 1.807) is 17.5 Å². The van der Waals surface area contributed by atoms with Gasteiger partial charge in [-0.2, -0.15) is 11.3 Å². The molecule has 1 saturated heterocycles. The van der Waals surface area contributed by atoms with Gasteiger partial charge in [-0.25, -0.2) is 4.98 Å². The smallest absolute Gasteiger partial charge is 0.227 e. The van der Waals surface area contributed by atoms with Crippen molar-refractivity contribution >= 4 is 23.1 Å². The number of anilines is 1. The Balaban J connectivity index is 1.76. The minimum atomic E-state index is 0.186. The summed E-state index contributed by atoms with van der Waals surface area (Å²) in [4.78, 5) is 18.8. The maximum absolute atomic E-state index is 12.6. The van der Waals surface area contributed by atoms with Crippen LogP contribution in [0.25, 0.3) is 0 Å². The quantitative estimate of drug-likeness (QED) is 0.944. The van der Waals surface area contributed by atoms with Crippen LogP contribution in [-0.4, -0.2) is 29.4 Å². The summed E-state index contributed by atoms with van der Waals surface area (Å²) in [6.07, 6.45) is 4.41. The summed E-state index contributed by atoms with van der Waals surface area (Å²) in [5, 5.41) is 7.13. The molecule has 0 radical (unpaired) electrons. The van der Waals surface area contributed by atoms with Crippen LogP contribution in [-0.2, 0) is 11.2 Å². The fourth-order valence-corrected chi connectivity index (χ4v) is 3.54. The molecule has 0 aromatic carbocycles. The number of rotatable bonds is 4. The molecule has 3 heterocycles. The third-order valence-electron chi connectivity index (χ3n) is 3.93. The van der Waals surface area contributed by atoms with E-state index in [1.165, 1.54) is 5.56 Å². The number of amides is 1. The molecule has 0 aliphatic carbocycles. The molecule has 110 valence electrons. The molecular weight excluding hydrogens is 282 g/mol. The number of hydrogen-bond donors (Lipinski definition) is 1. The van der Waals surface area contributed by atoms with E-state index in [0.29, 0.717) is 6.42 Å². The van der Waals surface area contributed by atoms with Gasteiger partial charge in [-0.05, 0) is 52.9 Å². The number of carbonyl (C=O) groups excluding carboxylic acids is 1. The van der Waals surface area contributed by atoms with Crippen molar-refractivity contribution in [2.75, 3.05) is 18.9 Å². The second-order valence-electron chi connectivity index (χ2n) is 5.28. The van der Waals surface area contributed by atoms with Gasteiger partial charge in [0.05, 0.1) is 12.5 Å². The summed E-state index contributed by atoms with van der Waals surface area (Å²) in [5.74, 6) is 1.07. The second kappa shape index (κ2) is 6.26. The zero-order valence-corrected chi connectivity index (χ0v) is 12.9. The van der Waals surface area contributed by atoms with E-state index >= 15 is 0 Å². The summed E-state index contributed by atoms with van der Waals surface area (Å²) in [5.41, 5.74) is 2.28. The average Bonchev–Trinajstić information content (AvgIpc) is 3.18. The Morgan fingerprint density at radius 2 is 2.43 bits per heavy atom. The number of hydrogen-bond acceptors (Lipinski definition) is 4. The summed E-state index contributed by atoms with van der Waals surface area (Å²) < 4.78 is 0. The second-order valence-corrected chi connectivity index (χ2v) is 6.06. The molecule has 1 amide bonds. The van der Waals surface area contributed by atoms with Crippen LogP contribution in [0.2, 0.25) is 0 Å². The first-order chi connectivity index (χ1) is 10.3. The van der Waals surface area contributed by atoms with Crippen molar-refractivity contribution in [3.8, 4) is 0 Å². The lowest BCUT2D eigenvalue weighted by Gasteiger charge is -2.25. The lowest BCUT2D eigenvalue weighted by Crippen LogP contribution is -2.31. The van der Waals surface area contributed by atoms with Crippen LogP contribution in [0.5, 0.6) is 0 Å². The van der Waals surface area contributed by atoms with Crippen LogP contribution in [0.15, 0.2) is 35.2 Å². The topological polar surface area (TPSA) is 45.2 Å². The molecule has 5 heteroatoms. The number of thiophene rings is 1. The molecular formula is C16H19N3OS. The predicted molar refractivity (Wildman–Crippen MR) is 85.5 cm³/mol. The van der Waals surface area contributed by atoms with E-state index < -0.39 is 0 Å². The molecule has 4 nitrogen and oxygen atoms in total. The van der Waals surface area contributed by atoms with Crippen molar-refractivity contribution in [2.45, 2.75) is 25.3 Å². The summed E-state index contributed by atoms with van der Waals surface area (Å²) >= 11 is 1.64. The molecule has 1 atom stereocenters. The number of likely N-dealkylation sites (tertiary alicyclic amines) is 1. The van der Waals surface area contributed by atoms with Gasteiger partial charge in [-0.1, -0.05) is 0 Å². The van der Waals surface area contributed by atoms with E-state index in [9.17, 15) is 4.79 Å². The van der Waals surface area contributed by atoms with E-state index in [4.69, 9.17) is 0 Å². The molecule has 1 unspecified atom stereocenters. The van der Waals surface area contributed by atoms with Crippen molar-refractivity contribution in [1.29, 1.82) is 0 Å². The summed E-state index contributed by atoms with van der Waals surface area (Å²) in [6, 6.07) is 6.27. The molecule has 1 fully saturated rings. The highest BCUT2D eigenvalue weighted by atomic mass is 32.1. The Morgan fingerprint density at radius 3 is 3.19 bits per heavy atom. The van der Waals surface area contributed by atoms with Gasteiger partial charge in [-0.15, -0.1) is 0 Å². The fraction of sp³-hybridized carbons (Fsp3) is 0.375. The highest BCUT2D eigenvalue weighted by molar-refractivity contribution is 7.07. The Bertz CT molecular complexity index is 612. The summed E-state index contributed by atoms with van der Waals surface area (Å²) in [6.45, 7) is 0.852. The monoisotopic (exact) mass is 301 g/mol.